The van der Waals surface area contributed by atoms with Gasteiger partial charge in [0.25, 0.3) is 5.91 Å². The fourth-order valence-corrected chi connectivity index (χ4v) is 3.38. The van der Waals surface area contributed by atoms with Gasteiger partial charge in [0.2, 0.25) is 11.8 Å². The monoisotopic (exact) mass is 335 g/mol. The molecule has 122 valence electrons. The lowest BCUT2D eigenvalue weighted by molar-refractivity contribution is -0.124. The SMILES string of the molecule is NC(=O)C1CCN(C2CC(=O)N(c3ccc(Cl)cc3)C2=O)CC1. The molecule has 1 aromatic rings. The molecule has 1 aromatic carbocycles. The van der Waals surface area contributed by atoms with Gasteiger partial charge in [-0.2, -0.15) is 0 Å². The number of nitrogens with two attached hydrogens (primary N) is 1. The van der Waals surface area contributed by atoms with E-state index in [-0.39, 0.29) is 30.1 Å². The molecular formula is C16H18ClN3O3. The predicted molar refractivity (Wildman–Crippen MR) is 85.8 cm³/mol. The van der Waals surface area contributed by atoms with Gasteiger partial charge in [-0.15, -0.1) is 0 Å². The number of primary amides is 1. The quantitative estimate of drug-likeness (QED) is 0.840. The van der Waals surface area contributed by atoms with Gasteiger partial charge in [0.05, 0.1) is 18.2 Å². The molecule has 0 spiro atoms. The van der Waals surface area contributed by atoms with Gasteiger partial charge in [0, 0.05) is 10.9 Å². The number of carbonyl (C=O) groups is 3. The zero-order valence-electron chi connectivity index (χ0n) is 12.6. The Bertz CT molecular complexity index is 638. The summed E-state index contributed by atoms with van der Waals surface area (Å²) in [7, 11) is 0. The Kier molecular flexibility index (Phi) is 4.37. The first-order valence-electron chi connectivity index (χ1n) is 7.63. The Hall–Kier alpha value is -1.92. The number of benzene rings is 1. The second kappa shape index (κ2) is 6.29. The number of halogens is 1. The summed E-state index contributed by atoms with van der Waals surface area (Å²) in [6, 6.07) is 6.19. The van der Waals surface area contributed by atoms with Crippen LogP contribution in [0.1, 0.15) is 19.3 Å². The fraction of sp³-hybridized carbons (Fsp3) is 0.438. The van der Waals surface area contributed by atoms with Crippen molar-refractivity contribution in [2.75, 3.05) is 18.0 Å². The molecule has 3 rings (SSSR count). The van der Waals surface area contributed by atoms with E-state index in [4.69, 9.17) is 17.3 Å². The molecule has 0 saturated carbocycles. The Morgan fingerprint density at radius 3 is 2.30 bits per heavy atom. The van der Waals surface area contributed by atoms with Gasteiger partial charge < -0.3 is 5.73 Å². The summed E-state index contributed by atoms with van der Waals surface area (Å²) in [6.45, 7) is 1.21. The molecule has 2 aliphatic rings. The Balaban J connectivity index is 1.72. The molecule has 2 fully saturated rings. The zero-order valence-corrected chi connectivity index (χ0v) is 13.3. The van der Waals surface area contributed by atoms with Crippen molar-refractivity contribution in [1.29, 1.82) is 0 Å². The summed E-state index contributed by atoms with van der Waals surface area (Å²) in [6.07, 6.45) is 1.44. The second-order valence-electron chi connectivity index (χ2n) is 5.98. The molecule has 6 nitrogen and oxygen atoms in total. The lowest BCUT2D eigenvalue weighted by Gasteiger charge is -2.33. The van der Waals surface area contributed by atoms with Crippen molar-refractivity contribution in [3.63, 3.8) is 0 Å². The molecule has 3 amide bonds. The Labute approximate surface area is 139 Å². The average molecular weight is 336 g/mol. The average Bonchev–Trinajstić information content (AvgIpc) is 2.83. The van der Waals surface area contributed by atoms with E-state index in [9.17, 15) is 14.4 Å². The maximum Gasteiger partial charge on any atom is 0.251 e. The molecule has 1 atom stereocenters. The Morgan fingerprint density at radius 1 is 1.13 bits per heavy atom. The summed E-state index contributed by atoms with van der Waals surface area (Å²) in [5, 5.41) is 0.554. The number of nitrogens with zero attached hydrogens (tertiary/aromatic N) is 2. The number of amides is 3. The predicted octanol–water partition coefficient (Wildman–Crippen LogP) is 1.17. The number of rotatable bonds is 3. The molecule has 2 heterocycles. The maximum absolute atomic E-state index is 12.7. The number of hydrogen-bond acceptors (Lipinski definition) is 4. The summed E-state index contributed by atoms with van der Waals surface area (Å²) in [5.74, 6) is -0.846. The van der Waals surface area contributed by atoms with Crippen LogP contribution in [0.3, 0.4) is 0 Å². The highest BCUT2D eigenvalue weighted by Gasteiger charge is 2.43. The van der Waals surface area contributed by atoms with E-state index in [1.807, 2.05) is 4.90 Å². The highest BCUT2D eigenvalue weighted by molar-refractivity contribution is 6.30. The second-order valence-corrected chi connectivity index (χ2v) is 6.41. The van der Waals surface area contributed by atoms with Crippen molar-refractivity contribution in [1.82, 2.24) is 4.90 Å². The highest BCUT2D eigenvalue weighted by atomic mass is 35.5. The van der Waals surface area contributed by atoms with E-state index < -0.39 is 6.04 Å². The van der Waals surface area contributed by atoms with Crippen LogP contribution in [-0.4, -0.2) is 41.8 Å². The Morgan fingerprint density at radius 2 is 1.74 bits per heavy atom. The van der Waals surface area contributed by atoms with Crippen LogP contribution in [0.4, 0.5) is 5.69 Å². The first kappa shape index (κ1) is 16.0. The molecule has 7 heteroatoms. The van der Waals surface area contributed by atoms with E-state index in [1.165, 1.54) is 4.90 Å². The van der Waals surface area contributed by atoms with Crippen molar-refractivity contribution in [2.45, 2.75) is 25.3 Å². The van der Waals surface area contributed by atoms with Gasteiger partial charge in [0.15, 0.2) is 0 Å². The highest BCUT2D eigenvalue weighted by Crippen LogP contribution is 2.29. The molecule has 0 aromatic heterocycles. The van der Waals surface area contributed by atoms with Crippen LogP contribution in [-0.2, 0) is 14.4 Å². The van der Waals surface area contributed by atoms with Crippen LogP contribution in [0.5, 0.6) is 0 Å². The molecule has 0 bridgehead atoms. The summed E-state index contributed by atoms with van der Waals surface area (Å²) in [4.78, 5) is 39.4. The van der Waals surface area contributed by atoms with Crippen molar-refractivity contribution >= 4 is 35.0 Å². The first-order chi connectivity index (χ1) is 11.0. The van der Waals surface area contributed by atoms with Crippen molar-refractivity contribution in [2.24, 2.45) is 11.7 Å². The molecule has 0 aliphatic carbocycles. The van der Waals surface area contributed by atoms with Gasteiger partial charge >= 0.3 is 0 Å². The molecule has 0 radical (unpaired) electrons. The van der Waals surface area contributed by atoms with E-state index in [0.29, 0.717) is 36.6 Å². The number of carbonyl (C=O) groups excluding carboxylic acids is 3. The maximum atomic E-state index is 12.7. The van der Waals surface area contributed by atoms with Crippen LogP contribution in [0.25, 0.3) is 0 Å². The topological polar surface area (TPSA) is 83.7 Å². The van der Waals surface area contributed by atoms with E-state index in [2.05, 4.69) is 0 Å². The summed E-state index contributed by atoms with van der Waals surface area (Å²) < 4.78 is 0. The minimum absolute atomic E-state index is 0.133. The third-order valence-electron chi connectivity index (χ3n) is 4.58. The third-order valence-corrected chi connectivity index (χ3v) is 4.83. The van der Waals surface area contributed by atoms with Gasteiger partial charge in [0.1, 0.15) is 0 Å². The molecule has 23 heavy (non-hydrogen) atoms. The van der Waals surface area contributed by atoms with Crippen LogP contribution < -0.4 is 10.6 Å². The number of anilines is 1. The minimum Gasteiger partial charge on any atom is -0.369 e. The normalized spacial score (nSPS) is 23.5. The van der Waals surface area contributed by atoms with Crippen molar-refractivity contribution < 1.29 is 14.4 Å². The zero-order chi connectivity index (χ0) is 16.6. The van der Waals surface area contributed by atoms with E-state index in [0.717, 1.165) is 0 Å². The number of likely N-dealkylation sites (tertiary alicyclic amines) is 1. The van der Waals surface area contributed by atoms with E-state index >= 15 is 0 Å². The van der Waals surface area contributed by atoms with Gasteiger partial charge in [-0.05, 0) is 50.2 Å². The lowest BCUT2D eigenvalue weighted by atomic mass is 9.95. The van der Waals surface area contributed by atoms with Crippen LogP contribution in [0.2, 0.25) is 5.02 Å². The third kappa shape index (κ3) is 3.09. The van der Waals surface area contributed by atoms with Gasteiger partial charge in [-0.25, -0.2) is 4.90 Å². The molecule has 2 aliphatic heterocycles. The molecule has 2 saturated heterocycles. The van der Waals surface area contributed by atoms with Crippen LogP contribution >= 0.6 is 11.6 Å². The molecule has 1 unspecified atom stereocenters. The van der Waals surface area contributed by atoms with Crippen LogP contribution in [0, 0.1) is 5.92 Å². The van der Waals surface area contributed by atoms with Gasteiger partial charge in [-0.3, -0.25) is 19.3 Å². The lowest BCUT2D eigenvalue weighted by Crippen LogP contribution is -2.47. The molecular weight excluding hydrogens is 318 g/mol. The van der Waals surface area contributed by atoms with Gasteiger partial charge in [-0.1, -0.05) is 11.6 Å². The summed E-state index contributed by atoms with van der Waals surface area (Å²) >= 11 is 5.85. The first-order valence-corrected chi connectivity index (χ1v) is 8.01. The largest absolute Gasteiger partial charge is 0.369 e. The smallest absolute Gasteiger partial charge is 0.251 e. The number of piperidine rings is 1. The fourth-order valence-electron chi connectivity index (χ4n) is 3.26. The van der Waals surface area contributed by atoms with Crippen LogP contribution in [0.15, 0.2) is 24.3 Å². The number of hydrogen-bond donors (Lipinski definition) is 1. The van der Waals surface area contributed by atoms with Crippen molar-refractivity contribution in [3.8, 4) is 0 Å². The number of imide groups is 1. The molecule has 2 N–H and O–H groups in total. The minimum atomic E-state index is -0.452. The van der Waals surface area contributed by atoms with Crippen molar-refractivity contribution in [3.05, 3.63) is 29.3 Å². The standard InChI is InChI=1S/C16H18ClN3O3/c17-11-1-3-12(4-2-11)20-14(21)9-13(16(20)23)19-7-5-10(6-8-19)15(18)22/h1-4,10,13H,5-9H2,(H2,18,22). The van der Waals surface area contributed by atoms with E-state index in [1.54, 1.807) is 24.3 Å². The summed E-state index contributed by atoms with van der Waals surface area (Å²) in [5.41, 5.74) is 5.87.